The van der Waals surface area contributed by atoms with Crippen LogP contribution >= 0.6 is 0 Å². The van der Waals surface area contributed by atoms with Gasteiger partial charge in [0.1, 0.15) is 5.75 Å². The van der Waals surface area contributed by atoms with Crippen LogP contribution in [0.2, 0.25) is 0 Å². The van der Waals surface area contributed by atoms with E-state index in [1.54, 1.807) is 12.1 Å². The number of rotatable bonds is 4. The molecule has 1 saturated heterocycles. The number of aryl methyl sites for hydroxylation is 1. The Morgan fingerprint density at radius 2 is 1.77 bits per heavy atom. The van der Waals surface area contributed by atoms with Crippen molar-refractivity contribution in [3.05, 3.63) is 40.6 Å². The van der Waals surface area contributed by atoms with E-state index < -0.39 is 21.6 Å². The van der Waals surface area contributed by atoms with Gasteiger partial charge >= 0.3 is 5.69 Å². The molecule has 1 aliphatic rings. The monoisotopic (exact) mass is 381 g/mol. The van der Waals surface area contributed by atoms with Crippen molar-refractivity contribution in [3.8, 4) is 5.75 Å². The number of nitrogens with one attached hydrogen (secondary N) is 1. The summed E-state index contributed by atoms with van der Waals surface area (Å²) in [5.74, 6) is 0.0943. The van der Waals surface area contributed by atoms with E-state index in [2.05, 4.69) is 10.1 Å². The van der Waals surface area contributed by atoms with Gasteiger partial charge in [-0.2, -0.15) is 4.31 Å². The molecule has 1 amide bonds. The molecule has 0 unspecified atom stereocenters. The van der Waals surface area contributed by atoms with Crippen molar-refractivity contribution in [1.82, 2.24) is 24.0 Å². The number of carbonyl (C=O) groups is 1. The van der Waals surface area contributed by atoms with Gasteiger partial charge in [0.25, 0.3) is 5.91 Å². The average molecular weight is 381 g/mol. The summed E-state index contributed by atoms with van der Waals surface area (Å²) in [5.41, 5.74) is -0.478. The normalized spacial score (nSPS) is 15.8. The summed E-state index contributed by atoms with van der Waals surface area (Å²) >= 11 is 0. The van der Waals surface area contributed by atoms with Crippen LogP contribution in [0.25, 0.3) is 0 Å². The molecule has 2 aromatic rings. The number of aromatic nitrogens is 3. The Balaban J connectivity index is 1.69. The number of aromatic amines is 1. The first kappa shape index (κ1) is 18.1. The van der Waals surface area contributed by atoms with Gasteiger partial charge in [0.05, 0.1) is 12.0 Å². The Bertz CT molecular complexity index is 955. The highest BCUT2D eigenvalue weighted by Gasteiger charge is 2.31. The van der Waals surface area contributed by atoms with Gasteiger partial charge in [-0.25, -0.2) is 17.9 Å². The summed E-state index contributed by atoms with van der Waals surface area (Å²) in [6.07, 6.45) is 0. The second-order valence-corrected chi connectivity index (χ2v) is 7.71. The van der Waals surface area contributed by atoms with Crippen molar-refractivity contribution in [2.45, 2.75) is 4.90 Å². The molecule has 0 saturated carbocycles. The molecule has 140 valence electrons. The van der Waals surface area contributed by atoms with Gasteiger partial charge in [0.2, 0.25) is 15.8 Å². The second-order valence-electron chi connectivity index (χ2n) is 5.77. The van der Waals surface area contributed by atoms with Gasteiger partial charge in [-0.15, -0.1) is 5.10 Å². The van der Waals surface area contributed by atoms with Crippen LogP contribution in [-0.4, -0.2) is 71.6 Å². The van der Waals surface area contributed by atoms with Gasteiger partial charge in [-0.05, 0) is 24.3 Å². The van der Waals surface area contributed by atoms with Crippen LogP contribution in [0.5, 0.6) is 5.75 Å². The highest BCUT2D eigenvalue weighted by molar-refractivity contribution is 7.89. The van der Waals surface area contributed by atoms with Gasteiger partial charge in [-0.1, -0.05) is 0 Å². The SMILES string of the molecule is COc1ccc(S(=O)(=O)N2CCN(C(=O)c3nn(C)c(=O)[nH]3)CC2)cc1. The molecule has 2 heterocycles. The number of hydrogen-bond acceptors (Lipinski definition) is 6. The maximum Gasteiger partial charge on any atom is 0.343 e. The number of ether oxygens (including phenoxy) is 1. The third-order valence-corrected chi connectivity index (χ3v) is 6.11. The Morgan fingerprint density at radius 3 is 2.27 bits per heavy atom. The summed E-state index contributed by atoms with van der Waals surface area (Å²) in [4.78, 5) is 27.8. The highest BCUT2D eigenvalue weighted by Crippen LogP contribution is 2.20. The molecule has 1 N–H and O–H groups in total. The fourth-order valence-corrected chi connectivity index (χ4v) is 4.10. The number of benzene rings is 1. The van der Waals surface area contributed by atoms with Crippen LogP contribution in [0.3, 0.4) is 0 Å². The number of nitrogens with zero attached hydrogens (tertiary/aromatic N) is 4. The van der Waals surface area contributed by atoms with Crippen molar-refractivity contribution < 1.29 is 17.9 Å². The third-order valence-electron chi connectivity index (χ3n) is 4.19. The Morgan fingerprint density at radius 1 is 1.15 bits per heavy atom. The van der Waals surface area contributed by atoms with Crippen LogP contribution in [0, 0.1) is 0 Å². The van der Waals surface area contributed by atoms with E-state index in [9.17, 15) is 18.0 Å². The van der Waals surface area contributed by atoms with E-state index in [1.807, 2.05) is 0 Å². The fraction of sp³-hybridized carbons (Fsp3) is 0.400. The topological polar surface area (TPSA) is 118 Å². The number of sulfonamides is 1. The summed E-state index contributed by atoms with van der Waals surface area (Å²) in [6.45, 7) is 0.758. The molecule has 0 bridgehead atoms. The van der Waals surface area contributed by atoms with E-state index in [0.29, 0.717) is 5.75 Å². The quantitative estimate of drug-likeness (QED) is 0.746. The first-order chi connectivity index (χ1) is 12.3. The molecule has 1 fully saturated rings. The molecule has 0 atom stereocenters. The zero-order valence-corrected chi connectivity index (χ0v) is 15.2. The lowest BCUT2D eigenvalue weighted by Crippen LogP contribution is -2.50. The maximum atomic E-state index is 12.7. The zero-order chi connectivity index (χ0) is 18.9. The van der Waals surface area contributed by atoms with Crippen LogP contribution in [0.4, 0.5) is 0 Å². The third kappa shape index (κ3) is 3.35. The highest BCUT2D eigenvalue weighted by atomic mass is 32.2. The maximum absolute atomic E-state index is 12.7. The van der Waals surface area contributed by atoms with Crippen LogP contribution < -0.4 is 10.4 Å². The predicted molar refractivity (Wildman–Crippen MR) is 91.5 cm³/mol. The van der Waals surface area contributed by atoms with Crippen molar-refractivity contribution in [3.63, 3.8) is 0 Å². The van der Waals surface area contributed by atoms with Gasteiger partial charge < -0.3 is 9.64 Å². The summed E-state index contributed by atoms with van der Waals surface area (Å²) in [5, 5.41) is 3.83. The summed E-state index contributed by atoms with van der Waals surface area (Å²) in [6, 6.07) is 6.16. The van der Waals surface area contributed by atoms with E-state index >= 15 is 0 Å². The predicted octanol–water partition coefficient (Wildman–Crippen LogP) is -0.736. The number of amides is 1. The summed E-state index contributed by atoms with van der Waals surface area (Å²) in [7, 11) is -0.693. The molecule has 0 radical (unpaired) electrons. The molecule has 1 aliphatic heterocycles. The Kier molecular flexibility index (Phi) is 4.83. The Labute approximate surface area is 150 Å². The fourth-order valence-electron chi connectivity index (χ4n) is 2.68. The lowest BCUT2D eigenvalue weighted by atomic mass is 10.3. The molecule has 1 aromatic heterocycles. The molecule has 10 nitrogen and oxygen atoms in total. The minimum absolute atomic E-state index is 0.0519. The number of carbonyl (C=O) groups excluding carboxylic acids is 1. The lowest BCUT2D eigenvalue weighted by molar-refractivity contribution is 0.0685. The molecular formula is C15H19N5O5S. The number of hydrogen-bond donors (Lipinski definition) is 1. The van der Waals surface area contributed by atoms with Gasteiger partial charge in [-0.3, -0.25) is 9.78 Å². The van der Waals surface area contributed by atoms with E-state index in [4.69, 9.17) is 4.74 Å². The van der Waals surface area contributed by atoms with Crippen LogP contribution in [0.1, 0.15) is 10.6 Å². The first-order valence-electron chi connectivity index (χ1n) is 7.89. The zero-order valence-electron chi connectivity index (χ0n) is 14.4. The molecule has 0 spiro atoms. The minimum atomic E-state index is -3.64. The van der Waals surface area contributed by atoms with Crippen molar-refractivity contribution in [2.24, 2.45) is 7.05 Å². The van der Waals surface area contributed by atoms with Crippen molar-refractivity contribution in [1.29, 1.82) is 0 Å². The van der Waals surface area contributed by atoms with Crippen LogP contribution in [0.15, 0.2) is 34.0 Å². The van der Waals surface area contributed by atoms with Crippen molar-refractivity contribution >= 4 is 15.9 Å². The second kappa shape index (κ2) is 6.92. The Hall–Kier alpha value is -2.66. The van der Waals surface area contributed by atoms with E-state index in [0.717, 1.165) is 4.68 Å². The molecular weight excluding hydrogens is 362 g/mol. The van der Waals surface area contributed by atoms with Gasteiger partial charge in [0, 0.05) is 33.2 Å². The van der Waals surface area contributed by atoms with Crippen LogP contribution in [-0.2, 0) is 17.1 Å². The molecule has 11 heteroatoms. The van der Waals surface area contributed by atoms with E-state index in [-0.39, 0.29) is 36.9 Å². The number of methoxy groups -OCH3 is 1. The lowest BCUT2D eigenvalue weighted by Gasteiger charge is -2.33. The number of H-pyrrole nitrogens is 1. The summed E-state index contributed by atoms with van der Waals surface area (Å²) < 4.78 is 32.8. The standard InChI is InChI=1S/C15H19N5O5S/c1-18-15(22)16-13(17-18)14(21)19-7-9-20(10-8-19)26(23,24)12-5-3-11(25-2)4-6-12/h3-6H,7-10H2,1-2H3,(H,16,17,22). The first-order valence-corrected chi connectivity index (χ1v) is 9.34. The molecule has 1 aromatic carbocycles. The van der Waals surface area contributed by atoms with Crippen molar-refractivity contribution in [2.75, 3.05) is 33.3 Å². The molecule has 26 heavy (non-hydrogen) atoms. The van der Waals surface area contributed by atoms with Gasteiger partial charge in [0.15, 0.2) is 0 Å². The smallest absolute Gasteiger partial charge is 0.343 e. The minimum Gasteiger partial charge on any atom is -0.497 e. The largest absolute Gasteiger partial charge is 0.497 e. The van der Waals surface area contributed by atoms with E-state index in [1.165, 1.54) is 35.5 Å². The molecule has 0 aliphatic carbocycles. The average Bonchev–Trinajstić information content (AvgIpc) is 3.00. The molecule has 3 rings (SSSR count). The number of piperazine rings is 1.